The fourth-order valence-corrected chi connectivity index (χ4v) is 2.59. The summed E-state index contributed by atoms with van der Waals surface area (Å²) in [6.45, 7) is 1.84. The summed E-state index contributed by atoms with van der Waals surface area (Å²) in [5.41, 5.74) is 0.768. The van der Waals surface area contributed by atoms with Crippen molar-refractivity contribution in [2.45, 2.75) is 17.3 Å². The van der Waals surface area contributed by atoms with E-state index in [1.807, 2.05) is 38.2 Å². The van der Waals surface area contributed by atoms with Gasteiger partial charge in [0.1, 0.15) is 6.33 Å². The Hall–Kier alpha value is -1.34. The first kappa shape index (κ1) is 14.1. The number of benzene rings is 1. The van der Waals surface area contributed by atoms with Crippen LogP contribution in [0.2, 0.25) is 0 Å². The van der Waals surface area contributed by atoms with Crippen LogP contribution >= 0.6 is 27.7 Å². The van der Waals surface area contributed by atoms with E-state index in [1.54, 1.807) is 10.9 Å². The summed E-state index contributed by atoms with van der Waals surface area (Å²) in [6, 6.07) is 7.49. The maximum atomic E-state index is 12.1. The van der Waals surface area contributed by atoms with Gasteiger partial charge in [-0.2, -0.15) is 0 Å². The molecule has 1 amide bonds. The number of halogens is 1. The van der Waals surface area contributed by atoms with Crippen molar-refractivity contribution < 1.29 is 4.79 Å². The van der Waals surface area contributed by atoms with E-state index >= 15 is 0 Å². The number of hydrogen-bond acceptors (Lipinski definition) is 4. The summed E-state index contributed by atoms with van der Waals surface area (Å²) < 4.78 is 2.71. The summed E-state index contributed by atoms with van der Waals surface area (Å²) in [6.07, 6.45) is 1.61. The lowest BCUT2D eigenvalue weighted by molar-refractivity contribution is -0.115. The third-order valence-corrected chi connectivity index (χ3v) is 4.05. The SMILES string of the molecule is C[C@H](Sc1nncn1C)C(=O)Nc1cccc(Br)c1. The van der Waals surface area contributed by atoms with Gasteiger partial charge in [-0.3, -0.25) is 4.79 Å². The fraction of sp³-hybridized carbons (Fsp3) is 0.250. The summed E-state index contributed by atoms with van der Waals surface area (Å²) >= 11 is 4.74. The molecule has 1 aromatic heterocycles. The maximum Gasteiger partial charge on any atom is 0.237 e. The fourth-order valence-electron chi connectivity index (χ4n) is 1.40. The highest BCUT2D eigenvalue weighted by molar-refractivity contribution is 9.10. The molecule has 19 heavy (non-hydrogen) atoms. The molecule has 1 heterocycles. The van der Waals surface area contributed by atoms with E-state index in [4.69, 9.17) is 0 Å². The normalized spacial score (nSPS) is 12.2. The van der Waals surface area contributed by atoms with Crippen molar-refractivity contribution in [3.63, 3.8) is 0 Å². The Morgan fingerprint density at radius 1 is 1.53 bits per heavy atom. The lowest BCUT2D eigenvalue weighted by Gasteiger charge is -2.11. The van der Waals surface area contributed by atoms with Crippen molar-refractivity contribution in [3.8, 4) is 0 Å². The zero-order valence-electron chi connectivity index (χ0n) is 10.5. The molecule has 0 aliphatic heterocycles. The van der Waals surface area contributed by atoms with Crippen molar-refractivity contribution in [2.24, 2.45) is 7.05 Å². The van der Waals surface area contributed by atoms with Gasteiger partial charge in [-0.15, -0.1) is 10.2 Å². The molecule has 0 spiro atoms. The molecule has 0 radical (unpaired) electrons. The number of aromatic nitrogens is 3. The quantitative estimate of drug-likeness (QED) is 0.869. The van der Waals surface area contributed by atoms with Crippen LogP contribution in [-0.4, -0.2) is 25.9 Å². The van der Waals surface area contributed by atoms with E-state index in [-0.39, 0.29) is 11.2 Å². The maximum absolute atomic E-state index is 12.1. The lowest BCUT2D eigenvalue weighted by atomic mass is 10.3. The molecule has 5 nitrogen and oxygen atoms in total. The van der Waals surface area contributed by atoms with Gasteiger partial charge < -0.3 is 9.88 Å². The van der Waals surface area contributed by atoms with Gasteiger partial charge >= 0.3 is 0 Å². The van der Waals surface area contributed by atoms with Crippen LogP contribution < -0.4 is 5.32 Å². The number of nitrogens with one attached hydrogen (secondary N) is 1. The van der Waals surface area contributed by atoms with Crippen LogP contribution in [0.15, 0.2) is 40.2 Å². The van der Waals surface area contributed by atoms with Gasteiger partial charge in [0.15, 0.2) is 5.16 Å². The van der Waals surface area contributed by atoms with Crippen molar-refractivity contribution >= 4 is 39.3 Å². The number of amides is 1. The van der Waals surface area contributed by atoms with E-state index in [9.17, 15) is 4.79 Å². The first-order valence-electron chi connectivity index (χ1n) is 5.63. The van der Waals surface area contributed by atoms with E-state index < -0.39 is 0 Å². The Kier molecular flexibility index (Phi) is 4.60. The molecular weight excluding hydrogens is 328 g/mol. The van der Waals surface area contributed by atoms with Crippen LogP contribution in [0.1, 0.15) is 6.92 Å². The molecule has 7 heteroatoms. The van der Waals surface area contributed by atoms with Gasteiger partial charge in [0.2, 0.25) is 5.91 Å². The third kappa shape index (κ3) is 3.81. The molecular formula is C12H13BrN4OS. The number of hydrogen-bond donors (Lipinski definition) is 1. The first-order valence-corrected chi connectivity index (χ1v) is 7.30. The summed E-state index contributed by atoms with van der Waals surface area (Å²) in [5.74, 6) is -0.0638. The number of carbonyl (C=O) groups is 1. The van der Waals surface area contributed by atoms with Gasteiger partial charge in [-0.05, 0) is 25.1 Å². The monoisotopic (exact) mass is 340 g/mol. The van der Waals surface area contributed by atoms with Crippen LogP contribution in [0, 0.1) is 0 Å². The molecule has 0 aliphatic carbocycles. The Morgan fingerprint density at radius 2 is 2.32 bits per heavy atom. The zero-order valence-corrected chi connectivity index (χ0v) is 12.9. The topological polar surface area (TPSA) is 59.8 Å². The predicted molar refractivity (Wildman–Crippen MR) is 79.1 cm³/mol. The Morgan fingerprint density at radius 3 is 2.95 bits per heavy atom. The van der Waals surface area contributed by atoms with Gasteiger partial charge in [-0.25, -0.2) is 0 Å². The average Bonchev–Trinajstić information content (AvgIpc) is 2.75. The second kappa shape index (κ2) is 6.21. The molecule has 100 valence electrons. The van der Waals surface area contributed by atoms with Gasteiger partial charge in [0.05, 0.1) is 5.25 Å². The number of anilines is 1. The number of nitrogens with zero attached hydrogens (tertiary/aromatic N) is 3. The van der Waals surface area contributed by atoms with Gasteiger partial charge in [0, 0.05) is 17.2 Å². The van der Waals surface area contributed by atoms with E-state index in [0.29, 0.717) is 0 Å². The van der Waals surface area contributed by atoms with E-state index in [2.05, 4.69) is 31.4 Å². The molecule has 0 saturated carbocycles. The number of carbonyl (C=O) groups excluding carboxylic acids is 1. The molecule has 2 aromatic rings. The third-order valence-electron chi connectivity index (χ3n) is 2.41. The predicted octanol–water partition coefficient (Wildman–Crippen LogP) is 2.70. The molecule has 1 N–H and O–H groups in total. The Bertz CT molecular complexity index is 587. The summed E-state index contributed by atoms with van der Waals surface area (Å²) in [4.78, 5) is 12.1. The second-order valence-corrected chi connectivity index (χ2v) is 6.21. The molecule has 0 fully saturated rings. The standard InChI is InChI=1S/C12H13BrN4OS/c1-8(19-12-16-14-7-17(12)2)11(18)15-10-5-3-4-9(13)6-10/h3-8H,1-2H3,(H,15,18)/t8-/m0/s1. The molecule has 0 bridgehead atoms. The number of thioether (sulfide) groups is 1. The van der Waals surface area contributed by atoms with Gasteiger partial charge in [0.25, 0.3) is 0 Å². The molecule has 0 unspecified atom stereocenters. The summed E-state index contributed by atoms with van der Waals surface area (Å²) in [7, 11) is 1.85. The van der Waals surface area contributed by atoms with Crippen LogP contribution in [0.25, 0.3) is 0 Å². The highest BCUT2D eigenvalue weighted by Crippen LogP contribution is 2.22. The molecule has 1 atom stereocenters. The molecule has 2 rings (SSSR count). The minimum Gasteiger partial charge on any atom is -0.325 e. The van der Waals surface area contributed by atoms with E-state index in [1.165, 1.54) is 11.8 Å². The van der Waals surface area contributed by atoms with Crippen molar-refractivity contribution in [1.82, 2.24) is 14.8 Å². The van der Waals surface area contributed by atoms with E-state index in [0.717, 1.165) is 15.3 Å². The van der Waals surface area contributed by atoms with Crippen LogP contribution in [0.5, 0.6) is 0 Å². The number of rotatable bonds is 4. The van der Waals surface area contributed by atoms with Crippen molar-refractivity contribution in [1.29, 1.82) is 0 Å². The molecule has 0 saturated heterocycles. The minimum absolute atomic E-state index is 0.0638. The zero-order chi connectivity index (χ0) is 13.8. The first-order chi connectivity index (χ1) is 9.06. The second-order valence-electron chi connectivity index (χ2n) is 3.98. The largest absolute Gasteiger partial charge is 0.325 e. The van der Waals surface area contributed by atoms with Crippen LogP contribution in [0.4, 0.5) is 5.69 Å². The molecule has 0 aliphatic rings. The highest BCUT2D eigenvalue weighted by atomic mass is 79.9. The van der Waals surface area contributed by atoms with Crippen molar-refractivity contribution in [2.75, 3.05) is 5.32 Å². The van der Waals surface area contributed by atoms with Crippen LogP contribution in [0.3, 0.4) is 0 Å². The minimum atomic E-state index is -0.248. The van der Waals surface area contributed by atoms with Crippen LogP contribution in [-0.2, 0) is 11.8 Å². The summed E-state index contributed by atoms with van der Waals surface area (Å²) in [5, 5.41) is 11.1. The number of aryl methyl sites for hydroxylation is 1. The Labute approximate surface area is 123 Å². The highest BCUT2D eigenvalue weighted by Gasteiger charge is 2.17. The Balaban J connectivity index is 1.98. The lowest BCUT2D eigenvalue weighted by Crippen LogP contribution is -2.22. The molecule has 1 aromatic carbocycles. The van der Waals surface area contributed by atoms with Gasteiger partial charge in [-0.1, -0.05) is 33.8 Å². The van der Waals surface area contributed by atoms with Crippen molar-refractivity contribution in [3.05, 3.63) is 35.1 Å². The smallest absolute Gasteiger partial charge is 0.237 e. The average molecular weight is 341 g/mol.